The molecule has 0 aliphatic rings. The second kappa shape index (κ2) is 9.70. The first kappa shape index (κ1) is 21.0. The van der Waals surface area contributed by atoms with Gasteiger partial charge < -0.3 is 5.32 Å². The van der Waals surface area contributed by atoms with E-state index in [2.05, 4.69) is 35.6 Å². The van der Waals surface area contributed by atoms with Crippen molar-refractivity contribution in [2.24, 2.45) is 0 Å². The van der Waals surface area contributed by atoms with Crippen molar-refractivity contribution in [3.05, 3.63) is 133 Å². The number of carbonyl (C=O) groups is 1. The van der Waals surface area contributed by atoms with Gasteiger partial charge >= 0.3 is 0 Å². The first-order valence-electron chi connectivity index (χ1n) is 10.0. The molecule has 0 radical (unpaired) electrons. The minimum atomic E-state index is -2.28. The van der Waals surface area contributed by atoms with Crippen LogP contribution in [-0.2, 0) is 11.8 Å². The van der Waals surface area contributed by atoms with Crippen molar-refractivity contribution in [2.75, 3.05) is 5.32 Å². The number of hydrogen-bond acceptors (Lipinski definition) is 3. The van der Waals surface area contributed by atoms with Crippen molar-refractivity contribution >= 4 is 45.2 Å². The van der Waals surface area contributed by atoms with Crippen molar-refractivity contribution in [3.63, 3.8) is 0 Å². The lowest BCUT2D eigenvalue weighted by atomic mass is 10.1. The Morgan fingerprint density at radius 3 is 1.74 bits per heavy atom. The molecule has 1 N–H and O–H groups in total. The Morgan fingerprint density at radius 1 is 0.677 bits per heavy atom. The second-order valence-corrected chi connectivity index (χ2v) is 11.4. The van der Waals surface area contributed by atoms with Gasteiger partial charge in [0.25, 0.3) is 0 Å². The van der Waals surface area contributed by atoms with Crippen LogP contribution in [0.25, 0.3) is 0 Å². The fourth-order valence-electron chi connectivity index (χ4n) is 3.48. The lowest BCUT2D eigenvalue weighted by Crippen LogP contribution is -2.26. The molecule has 0 aromatic heterocycles. The van der Waals surface area contributed by atoms with Gasteiger partial charge in [-0.25, -0.2) is 0 Å². The van der Waals surface area contributed by atoms with Crippen LogP contribution in [0, 0.1) is 0 Å². The number of rotatable bonds is 7. The summed E-state index contributed by atoms with van der Waals surface area (Å²) in [6.45, 7) is 0. The number of carbonyl (C=O) groups excluding carboxylic acids is 1. The Labute approximate surface area is 188 Å². The quantitative estimate of drug-likeness (QED) is 0.242. The molecule has 0 saturated heterocycles. The minimum absolute atomic E-state index is 0.0452. The molecule has 4 aromatic carbocycles. The zero-order valence-corrected chi connectivity index (χ0v) is 18.6. The summed E-state index contributed by atoms with van der Waals surface area (Å²) in [5, 5.41) is 6.66. The molecule has 4 aromatic rings. The Bertz CT molecular complexity index is 1190. The van der Waals surface area contributed by atoms with E-state index in [1.54, 1.807) is 12.3 Å². The number of allylic oxidation sites excluding steroid dienone is 1. The summed E-state index contributed by atoms with van der Waals surface area (Å²) in [7, 11) is 0. The van der Waals surface area contributed by atoms with Crippen LogP contribution in [0.3, 0.4) is 0 Å². The smallest absolute Gasteiger partial charge is 0.187 e. The first-order chi connectivity index (χ1) is 15.2. The Balaban J connectivity index is 1.73. The number of ketones is 1. The van der Waals surface area contributed by atoms with Crippen molar-refractivity contribution in [1.29, 1.82) is 0 Å². The molecular weight excluding hydrogens is 417 g/mol. The summed E-state index contributed by atoms with van der Waals surface area (Å²) < 4.78 is 0. The summed E-state index contributed by atoms with van der Waals surface area (Å²) in [5.74, 6) is -0.0452. The molecule has 4 heteroatoms. The van der Waals surface area contributed by atoms with Gasteiger partial charge in [0.15, 0.2) is 5.78 Å². The number of anilines is 1. The van der Waals surface area contributed by atoms with Gasteiger partial charge in [0.05, 0.1) is 0 Å². The van der Waals surface area contributed by atoms with Gasteiger partial charge in [0.2, 0.25) is 0 Å². The molecule has 152 valence electrons. The number of nitrogens with one attached hydrogen (secondary N) is 1. The fourth-order valence-corrected chi connectivity index (χ4v) is 7.50. The molecule has 0 saturated carbocycles. The number of benzene rings is 4. The Hall–Kier alpha value is -3.26. The fraction of sp³-hybridized carbons (Fsp3) is 0. The third-order valence-electron chi connectivity index (χ3n) is 5.01. The second-order valence-electron chi connectivity index (χ2n) is 7.01. The van der Waals surface area contributed by atoms with Crippen molar-refractivity contribution in [1.82, 2.24) is 0 Å². The largest absolute Gasteiger partial charge is 0.361 e. The van der Waals surface area contributed by atoms with E-state index in [1.807, 2.05) is 84.9 Å². The van der Waals surface area contributed by atoms with E-state index in [0.717, 1.165) is 21.6 Å². The molecule has 0 amide bonds. The SMILES string of the molecule is O=C(/C=C/Nc1ccccc1P(=S)(c1ccccc1)c1ccccc1)c1ccccc1. The molecule has 0 aliphatic heterocycles. The van der Waals surface area contributed by atoms with E-state index < -0.39 is 6.04 Å². The molecule has 4 rings (SSSR count). The van der Waals surface area contributed by atoms with E-state index in [9.17, 15) is 4.79 Å². The average Bonchev–Trinajstić information content (AvgIpc) is 2.85. The summed E-state index contributed by atoms with van der Waals surface area (Å²) in [4.78, 5) is 12.4. The molecule has 0 spiro atoms. The van der Waals surface area contributed by atoms with Crippen molar-refractivity contribution in [2.45, 2.75) is 0 Å². The summed E-state index contributed by atoms with van der Waals surface area (Å²) in [6.07, 6.45) is 3.25. The molecule has 0 fully saturated rings. The summed E-state index contributed by atoms with van der Waals surface area (Å²) in [5.41, 5.74) is 1.57. The van der Waals surface area contributed by atoms with E-state index in [0.29, 0.717) is 5.56 Å². The maximum atomic E-state index is 12.4. The molecule has 0 unspecified atom stereocenters. The number of para-hydroxylation sites is 1. The zero-order valence-electron chi connectivity index (χ0n) is 16.9. The topological polar surface area (TPSA) is 29.1 Å². The highest BCUT2D eigenvalue weighted by molar-refractivity contribution is 8.25. The standard InChI is InChI=1S/C27H22NOPS/c29-26(22-12-4-1-5-13-22)20-21-28-25-18-10-11-19-27(25)30(31,23-14-6-2-7-15-23)24-16-8-3-9-17-24/h1-21,28H/b21-20+. The molecule has 31 heavy (non-hydrogen) atoms. The predicted molar refractivity (Wildman–Crippen MR) is 136 cm³/mol. The van der Waals surface area contributed by atoms with Crippen LogP contribution in [0.1, 0.15) is 10.4 Å². The first-order valence-corrected chi connectivity index (χ1v) is 12.8. The average molecular weight is 440 g/mol. The highest BCUT2D eigenvalue weighted by Crippen LogP contribution is 2.44. The van der Waals surface area contributed by atoms with Crippen LogP contribution >= 0.6 is 6.04 Å². The van der Waals surface area contributed by atoms with Gasteiger partial charge in [-0.05, 0) is 16.7 Å². The summed E-state index contributed by atoms with van der Waals surface area (Å²) in [6, 6.07) is 35.7. The number of hydrogen-bond donors (Lipinski definition) is 1. The molecular formula is C27H22NOPS. The van der Waals surface area contributed by atoms with E-state index in [-0.39, 0.29) is 5.78 Å². The lowest BCUT2D eigenvalue weighted by molar-refractivity contribution is 0.104. The van der Waals surface area contributed by atoms with Gasteiger partial charge in [0.1, 0.15) is 0 Å². The monoisotopic (exact) mass is 439 g/mol. The predicted octanol–water partition coefficient (Wildman–Crippen LogP) is 5.25. The van der Waals surface area contributed by atoms with Gasteiger partial charge in [-0.1, -0.05) is 121 Å². The van der Waals surface area contributed by atoms with Gasteiger partial charge in [-0.15, -0.1) is 0 Å². The lowest BCUT2D eigenvalue weighted by Gasteiger charge is -2.26. The Morgan fingerprint density at radius 2 is 1.16 bits per heavy atom. The normalized spacial score (nSPS) is 11.4. The molecule has 2 nitrogen and oxygen atoms in total. The third-order valence-corrected chi connectivity index (χ3v) is 9.99. The summed E-state index contributed by atoms with van der Waals surface area (Å²) >= 11 is 6.45. The maximum absolute atomic E-state index is 12.4. The van der Waals surface area contributed by atoms with Gasteiger partial charge in [-0.3, -0.25) is 4.79 Å². The minimum Gasteiger partial charge on any atom is -0.361 e. The third kappa shape index (κ3) is 4.59. The van der Waals surface area contributed by atoms with Crippen LogP contribution in [0.4, 0.5) is 5.69 Å². The molecule has 0 aliphatic carbocycles. The van der Waals surface area contributed by atoms with Gasteiger partial charge in [-0.2, -0.15) is 0 Å². The van der Waals surface area contributed by atoms with Crippen molar-refractivity contribution < 1.29 is 4.79 Å². The van der Waals surface area contributed by atoms with Crippen LogP contribution in [0.15, 0.2) is 128 Å². The van der Waals surface area contributed by atoms with Gasteiger partial charge in [0, 0.05) is 34.9 Å². The highest BCUT2D eigenvalue weighted by atomic mass is 32.4. The van der Waals surface area contributed by atoms with Crippen LogP contribution in [-0.4, -0.2) is 5.78 Å². The van der Waals surface area contributed by atoms with Crippen LogP contribution in [0.5, 0.6) is 0 Å². The zero-order chi connectivity index (χ0) is 21.5. The maximum Gasteiger partial charge on any atom is 0.187 e. The molecule has 0 bridgehead atoms. The van der Waals surface area contributed by atoms with Crippen molar-refractivity contribution in [3.8, 4) is 0 Å². The van der Waals surface area contributed by atoms with E-state index in [1.165, 1.54) is 0 Å². The molecule has 0 atom stereocenters. The van der Waals surface area contributed by atoms with Crippen LogP contribution in [0.2, 0.25) is 0 Å². The molecule has 0 heterocycles. The highest BCUT2D eigenvalue weighted by Gasteiger charge is 2.26. The Kier molecular flexibility index (Phi) is 6.57. The van der Waals surface area contributed by atoms with E-state index >= 15 is 0 Å². The van der Waals surface area contributed by atoms with Crippen LogP contribution < -0.4 is 21.2 Å². The van der Waals surface area contributed by atoms with E-state index in [4.69, 9.17) is 11.8 Å².